The first kappa shape index (κ1) is 29.8. The highest BCUT2D eigenvalue weighted by Crippen LogP contribution is 2.36. The summed E-state index contributed by atoms with van der Waals surface area (Å²) in [6.45, 7) is 5.69. The van der Waals surface area contributed by atoms with Gasteiger partial charge in [0.1, 0.15) is 10.8 Å². The zero-order valence-corrected chi connectivity index (χ0v) is 23.7. The first-order chi connectivity index (χ1) is 18.0. The zero-order valence-electron chi connectivity index (χ0n) is 21.4. The first-order valence-electron chi connectivity index (χ1n) is 11.9. The molecule has 0 aromatic heterocycles. The Bertz CT molecular complexity index is 1320. The third-order valence-corrected chi connectivity index (χ3v) is 8.97. The number of benzene rings is 2. The van der Waals surface area contributed by atoms with Crippen LogP contribution in [0.15, 0.2) is 47.4 Å². The van der Waals surface area contributed by atoms with Gasteiger partial charge >= 0.3 is 0 Å². The molecule has 0 bridgehead atoms. The fourth-order valence-corrected chi connectivity index (χ4v) is 5.90. The van der Waals surface area contributed by atoms with Crippen molar-refractivity contribution in [3.8, 4) is 17.2 Å². The van der Waals surface area contributed by atoms with Gasteiger partial charge in [-0.15, -0.1) is 0 Å². The number of carbonyl (C=O) groups excluding carboxylic acids is 2. The van der Waals surface area contributed by atoms with Gasteiger partial charge in [0.25, 0.3) is 5.91 Å². The molecule has 0 atom stereocenters. The van der Waals surface area contributed by atoms with Gasteiger partial charge in [0.15, 0.2) is 23.9 Å². The van der Waals surface area contributed by atoms with Crippen LogP contribution in [-0.4, -0.2) is 64.4 Å². The molecule has 38 heavy (non-hydrogen) atoms. The van der Waals surface area contributed by atoms with Crippen molar-refractivity contribution in [3.05, 3.63) is 58.1 Å². The molecule has 1 N–H and O–H groups in total. The SMILES string of the molecule is C=C(CC)C(=O)c1ccc(OCC(=O)NC2CCN(S(=O)(=O)c3ccc(OC)c(OC)c3)CC2)c(Cl)c1Cl. The number of allylic oxidation sites excluding steroid dienone is 1. The summed E-state index contributed by atoms with van der Waals surface area (Å²) in [4.78, 5) is 25.0. The van der Waals surface area contributed by atoms with E-state index in [9.17, 15) is 18.0 Å². The summed E-state index contributed by atoms with van der Waals surface area (Å²) in [7, 11) is -0.824. The molecule has 0 radical (unpaired) electrons. The average Bonchev–Trinajstić information content (AvgIpc) is 2.92. The lowest BCUT2D eigenvalue weighted by molar-refractivity contribution is -0.124. The fourth-order valence-electron chi connectivity index (χ4n) is 3.95. The van der Waals surface area contributed by atoms with Crippen LogP contribution in [0.3, 0.4) is 0 Å². The molecule has 3 rings (SSSR count). The minimum atomic E-state index is -3.74. The van der Waals surface area contributed by atoms with E-state index in [-0.39, 0.29) is 57.8 Å². The molecule has 0 saturated carbocycles. The lowest BCUT2D eigenvalue weighted by atomic mass is 10.0. The van der Waals surface area contributed by atoms with Crippen LogP contribution >= 0.6 is 23.2 Å². The van der Waals surface area contributed by atoms with E-state index in [2.05, 4.69) is 11.9 Å². The maximum atomic E-state index is 13.1. The summed E-state index contributed by atoms with van der Waals surface area (Å²) in [5.41, 5.74) is 0.619. The van der Waals surface area contributed by atoms with E-state index in [0.29, 0.717) is 36.3 Å². The molecule has 206 valence electrons. The molecule has 2 aromatic carbocycles. The highest BCUT2D eigenvalue weighted by molar-refractivity contribution is 7.89. The molecule has 2 aromatic rings. The third kappa shape index (κ3) is 6.61. The molecule has 1 heterocycles. The second-order valence-electron chi connectivity index (χ2n) is 8.58. The largest absolute Gasteiger partial charge is 0.493 e. The number of hydrogen-bond donors (Lipinski definition) is 1. The average molecular weight is 586 g/mol. The van der Waals surface area contributed by atoms with E-state index >= 15 is 0 Å². The molecule has 9 nitrogen and oxygen atoms in total. The van der Waals surface area contributed by atoms with Crippen LogP contribution < -0.4 is 19.5 Å². The van der Waals surface area contributed by atoms with Crippen LogP contribution in [0.4, 0.5) is 0 Å². The molecule has 0 aliphatic carbocycles. The Morgan fingerprint density at radius 2 is 1.66 bits per heavy atom. The van der Waals surface area contributed by atoms with Gasteiger partial charge in [-0.05, 0) is 49.1 Å². The van der Waals surface area contributed by atoms with E-state index in [1.807, 2.05) is 6.92 Å². The summed E-state index contributed by atoms with van der Waals surface area (Å²) in [5, 5.41) is 2.92. The van der Waals surface area contributed by atoms with Crippen LogP contribution in [0.5, 0.6) is 17.2 Å². The lowest BCUT2D eigenvalue weighted by Gasteiger charge is -2.31. The van der Waals surface area contributed by atoms with Crippen molar-refractivity contribution in [2.45, 2.75) is 37.1 Å². The van der Waals surface area contributed by atoms with Gasteiger partial charge in [-0.1, -0.05) is 36.7 Å². The minimum absolute atomic E-state index is 0.0305. The zero-order chi connectivity index (χ0) is 28.0. The van der Waals surface area contributed by atoms with Crippen LogP contribution in [0.1, 0.15) is 36.5 Å². The molecule has 1 fully saturated rings. The second kappa shape index (κ2) is 12.8. The number of amides is 1. The van der Waals surface area contributed by atoms with Crippen molar-refractivity contribution in [1.29, 1.82) is 0 Å². The van der Waals surface area contributed by atoms with E-state index in [0.717, 1.165) is 0 Å². The summed E-state index contributed by atoms with van der Waals surface area (Å²) in [6, 6.07) is 7.20. The number of methoxy groups -OCH3 is 2. The fraction of sp³-hybridized carbons (Fsp3) is 0.385. The van der Waals surface area contributed by atoms with Crippen LogP contribution in [-0.2, 0) is 14.8 Å². The number of ketones is 1. The maximum absolute atomic E-state index is 13.1. The van der Waals surface area contributed by atoms with Gasteiger partial charge in [-0.3, -0.25) is 9.59 Å². The Balaban J connectivity index is 1.55. The summed E-state index contributed by atoms with van der Waals surface area (Å²) in [5.74, 6) is 0.234. The molecule has 1 saturated heterocycles. The summed E-state index contributed by atoms with van der Waals surface area (Å²) < 4.78 is 43.5. The number of halogens is 2. The molecular weight excluding hydrogens is 555 g/mol. The topological polar surface area (TPSA) is 111 Å². The Labute approximate surface area is 232 Å². The molecule has 1 aliphatic heterocycles. The predicted molar refractivity (Wildman–Crippen MR) is 145 cm³/mol. The van der Waals surface area contributed by atoms with E-state index in [1.54, 1.807) is 6.07 Å². The molecule has 1 amide bonds. The van der Waals surface area contributed by atoms with Gasteiger partial charge in [0.05, 0.1) is 24.1 Å². The van der Waals surface area contributed by atoms with Crippen LogP contribution in [0, 0.1) is 0 Å². The van der Waals surface area contributed by atoms with E-state index in [1.165, 1.54) is 42.8 Å². The summed E-state index contributed by atoms with van der Waals surface area (Å²) >= 11 is 12.5. The Morgan fingerprint density at radius 3 is 2.26 bits per heavy atom. The number of sulfonamides is 1. The minimum Gasteiger partial charge on any atom is -0.493 e. The number of hydrogen-bond acceptors (Lipinski definition) is 7. The molecule has 0 spiro atoms. The molecule has 0 unspecified atom stereocenters. The number of piperidine rings is 1. The quantitative estimate of drug-likeness (QED) is 0.305. The van der Waals surface area contributed by atoms with Crippen molar-refractivity contribution in [3.63, 3.8) is 0 Å². The monoisotopic (exact) mass is 584 g/mol. The van der Waals surface area contributed by atoms with Gasteiger partial charge < -0.3 is 19.5 Å². The lowest BCUT2D eigenvalue weighted by Crippen LogP contribution is -2.47. The number of rotatable bonds is 11. The van der Waals surface area contributed by atoms with Gasteiger partial charge in [-0.2, -0.15) is 4.31 Å². The van der Waals surface area contributed by atoms with E-state index in [4.69, 9.17) is 37.4 Å². The van der Waals surface area contributed by atoms with Crippen LogP contribution in [0.25, 0.3) is 0 Å². The van der Waals surface area contributed by atoms with Crippen molar-refractivity contribution in [2.24, 2.45) is 0 Å². The molecule has 12 heteroatoms. The number of nitrogens with one attached hydrogen (secondary N) is 1. The smallest absolute Gasteiger partial charge is 0.258 e. The number of carbonyl (C=O) groups is 2. The predicted octanol–water partition coefficient (Wildman–Crippen LogP) is 4.51. The standard InChI is InChI=1S/C26H30Cl2N2O7S/c1-5-16(2)26(32)19-7-9-21(25(28)24(19)27)37-15-23(31)29-17-10-12-30(13-11-17)38(33,34)18-6-8-20(35-3)22(14-18)36-4/h6-9,14,17H,2,5,10-13,15H2,1,3-4H3,(H,29,31). The number of nitrogens with zero attached hydrogens (tertiary/aromatic N) is 1. The van der Waals surface area contributed by atoms with Gasteiger partial charge in [0.2, 0.25) is 10.0 Å². The third-order valence-electron chi connectivity index (χ3n) is 6.21. The van der Waals surface area contributed by atoms with Crippen molar-refractivity contribution in [1.82, 2.24) is 9.62 Å². The Kier molecular flexibility index (Phi) is 10.1. The van der Waals surface area contributed by atoms with Crippen molar-refractivity contribution in [2.75, 3.05) is 33.9 Å². The Morgan fingerprint density at radius 1 is 1.03 bits per heavy atom. The highest BCUT2D eigenvalue weighted by Gasteiger charge is 2.31. The van der Waals surface area contributed by atoms with Crippen molar-refractivity contribution < 1.29 is 32.2 Å². The molecule has 1 aliphatic rings. The summed E-state index contributed by atoms with van der Waals surface area (Å²) in [6.07, 6.45) is 1.35. The van der Waals surface area contributed by atoms with Crippen LogP contribution in [0.2, 0.25) is 10.0 Å². The highest BCUT2D eigenvalue weighted by atomic mass is 35.5. The second-order valence-corrected chi connectivity index (χ2v) is 11.3. The number of Topliss-reactive ketones (excluding diaryl/α,β-unsaturated/α-hetero) is 1. The maximum Gasteiger partial charge on any atom is 0.258 e. The Hall–Kier alpha value is -2.79. The van der Waals surface area contributed by atoms with Gasteiger partial charge in [0, 0.05) is 30.8 Å². The number of ether oxygens (including phenoxy) is 3. The van der Waals surface area contributed by atoms with Crippen molar-refractivity contribution >= 4 is 44.9 Å². The molecular formula is C26H30Cl2N2O7S. The normalized spacial score (nSPS) is 14.6. The first-order valence-corrected chi connectivity index (χ1v) is 14.1. The van der Waals surface area contributed by atoms with Gasteiger partial charge in [-0.25, -0.2) is 8.42 Å². The van der Waals surface area contributed by atoms with E-state index < -0.39 is 15.9 Å².